The summed E-state index contributed by atoms with van der Waals surface area (Å²) in [5.41, 5.74) is 0. The van der Waals surface area contributed by atoms with E-state index in [1.165, 1.54) is 11.8 Å². The minimum Gasteiger partial charge on any atom is -0.391 e. The molecule has 2 unspecified atom stereocenters. The number of thioether (sulfide) groups is 1. The Bertz CT molecular complexity index is 378. The molecule has 2 aliphatic rings. The molecule has 0 aromatic carbocycles. The van der Waals surface area contributed by atoms with Crippen LogP contribution in [0.1, 0.15) is 12.8 Å². The van der Waals surface area contributed by atoms with E-state index in [9.17, 15) is 14.7 Å². The molecule has 0 bridgehead atoms. The first-order valence-electron chi connectivity index (χ1n) is 7.01. The molecule has 2 saturated heterocycles. The number of carbonyl (C=O) groups is 2. The molecule has 0 aliphatic carbocycles. The molecule has 7 heteroatoms. The third-order valence-electron chi connectivity index (χ3n) is 3.73. The molecule has 114 valence electrons. The van der Waals surface area contributed by atoms with Crippen molar-refractivity contribution in [2.24, 2.45) is 0 Å². The lowest BCUT2D eigenvalue weighted by Gasteiger charge is -2.27. The quantitative estimate of drug-likeness (QED) is 0.778. The van der Waals surface area contributed by atoms with Crippen LogP contribution < -0.4 is 0 Å². The third-order valence-corrected chi connectivity index (χ3v) is 4.62. The molecule has 2 rings (SSSR count). The van der Waals surface area contributed by atoms with Crippen molar-refractivity contribution in [1.29, 1.82) is 0 Å². The third kappa shape index (κ3) is 3.86. The van der Waals surface area contributed by atoms with Crippen molar-refractivity contribution in [2.45, 2.75) is 25.0 Å². The van der Waals surface area contributed by atoms with Crippen LogP contribution in [0.25, 0.3) is 0 Å². The smallest absolute Gasteiger partial charge is 0.281 e. The van der Waals surface area contributed by atoms with Gasteiger partial charge in [0.25, 0.3) is 5.24 Å². The van der Waals surface area contributed by atoms with Gasteiger partial charge in [-0.2, -0.15) is 0 Å². The highest BCUT2D eigenvalue weighted by molar-refractivity contribution is 8.13. The van der Waals surface area contributed by atoms with Crippen molar-refractivity contribution in [3.63, 3.8) is 0 Å². The first-order chi connectivity index (χ1) is 9.47. The molecule has 0 saturated carbocycles. The Kier molecular flexibility index (Phi) is 5.29. The Balaban J connectivity index is 1.85. The van der Waals surface area contributed by atoms with Crippen LogP contribution in [0.3, 0.4) is 0 Å². The van der Waals surface area contributed by atoms with E-state index in [-0.39, 0.29) is 17.2 Å². The molecule has 2 fully saturated rings. The molecule has 0 aromatic heterocycles. The van der Waals surface area contributed by atoms with Gasteiger partial charge in [0.2, 0.25) is 5.91 Å². The van der Waals surface area contributed by atoms with Gasteiger partial charge in [0.15, 0.2) is 0 Å². The average molecular weight is 301 g/mol. The molecular weight excluding hydrogens is 278 g/mol. The van der Waals surface area contributed by atoms with Gasteiger partial charge < -0.3 is 19.8 Å². The summed E-state index contributed by atoms with van der Waals surface area (Å²) in [6, 6.07) is 0.0798. The minimum atomic E-state index is -0.423. The van der Waals surface area contributed by atoms with Crippen LogP contribution >= 0.6 is 11.8 Å². The van der Waals surface area contributed by atoms with E-state index in [1.807, 2.05) is 19.0 Å². The number of β-amino-alcohol motifs (C(OH)–C–C–N with tert-alkyl or cyclic N) is 1. The van der Waals surface area contributed by atoms with Crippen molar-refractivity contribution >= 4 is 22.9 Å². The van der Waals surface area contributed by atoms with Gasteiger partial charge in [0, 0.05) is 44.4 Å². The molecule has 0 aromatic rings. The largest absolute Gasteiger partial charge is 0.391 e. The SMILES string of the molecule is CN(C)CC1CC(O)CN1C(=O)CCN1CCSC1=O. The lowest BCUT2D eigenvalue weighted by molar-refractivity contribution is -0.132. The van der Waals surface area contributed by atoms with Crippen molar-refractivity contribution in [3.8, 4) is 0 Å². The van der Waals surface area contributed by atoms with Gasteiger partial charge >= 0.3 is 0 Å². The Morgan fingerprint density at radius 1 is 1.50 bits per heavy atom. The van der Waals surface area contributed by atoms with Crippen LogP contribution in [0.15, 0.2) is 0 Å². The lowest BCUT2D eigenvalue weighted by Crippen LogP contribution is -2.42. The van der Waals surface area contributed by atoms with Gasteiger partial charge in [-0.25, -0.2) is 0 Å². The molecule has 1 N–H and O–H groups in total. The van der Waals surface area contributed by atoms with Crippen LogP contribution in [0, 0.1) is 0 Å². The fourth-order valence-electron chi connectivity index (χ4n) is 2.80. The van der Waals surface area contributed by atoms with E-state index in [2.05, 4.69) is 0 Å². The number of hydrogen-bond acceptors (Lipinski definition) is 5. The lowest BCUT2D eigenvalue weighted by atomic mass is 10.2. The van der Waals surface area contributed by atoms with Crippen molar-refractivity contribution in [1.82, 2.24) is 14.7 Å². The van der Waals surface area contributed by atoms with Gasteiger partial charge in [0.1, 0.15) is 0 Å². The Labute approximate surface area is 124 Å². The van der Waals surface area contributed by atoms with Gasteiger partial charge in [-0.1, -0.05) is 11.8 Å². The number of aliphatic hydroxyl groups is 1. The maximum absolute atomic E-state index is 12.3. The summed E-state index contributed by atoms with van der Waals surface area (Å²) in [5.74, 6) is 0.858. The maximum Gasteiger partial charge on any atom is 0.281 e. The van der Waals surface area contributed by atoms with Gasteiger partial charge in [-0.15, -0.1) is 0 Å². The minimum absolute atomic E-state index is 0.0399. The maximum atomic E-state index is 12.3. The second kappa shape index (κ2) is 6.78. The van der Waals surface area contributed by atoms with Crippen LogP contribution in [0.5, 0.6) is 0 Å². The molecule has 20 heavy (non-hydrogen) atoms. The van der Waals surface area contributed by atoms with Crippen LogP contribution in [0.2, 0.25) is 0 Å². The number of aliphatic hydroxyl groups excluding tert-OH is 1. The van der Waals surface area contributed by atoms with E-state index in [1.54, 1.807) is 9.80 Å². The highest BCUT2D eigenvalue weighted by Gasteiger charge is 2.34. The molecule has 0 spiro atoms. The molecule has 6 nitrogen and oxygen atoms in total. The first-order valence-corrected chi connectivity index (χ1v) is 8.00. The highest BCUT2D eigenvalue weighted by atomic mass is 32.2. The van der Waals surface area contributed by atoms with E-state index >= 15 is 0 Å². The molecule has 2 atom stereocenters. The summed E-state index contributed by atoms with van der Waals surface area (Å²) < 4.78 is 0. The summed E-state index contributed by atoms with van der Waals surface area (Å²) in [5, 5.41) is 9.85. The zero-order chi connectivity index (χ0) is 14.7. The van der Waals surface area contributed by atoms with E-state index < -0.39 is 6.10 Å². The fourth-order valence-corrected chi connectivity index (χ4v) is 3.65. The van der Waals surface area contributed by atoms with Crippen molar-refractivity contribution in [2.75, 3.05) is 46.0 Å². The number of likely N-dealkylation sites (N-methyl/N-ethyl adjacent to an activating group) is 1. The van der Waals surface area contributed by atoms with Crippen molar-refractivity contribution < 1.29 is 14.7 Å². The standard InChI is InChI=1S/C13H23N3O3S/c1-14(2)8-10-7-11(17)9-16(10)12(18)3-4-15-5-6-20-13(15)19/h10-11,17H,3-9H2,1-2H3. The average Bonchev–Trinajstić information content (AvgIpc) is 2.92. The molecular formula is C13H23N3O3S. The van der Waals surface area contributed by atoms with E-state index in [0.717, 1.165) is 18.8 Å². The molecule has 0 radical (unpaired) electrons. The van der Waals surface area contributed by atoms with Crippen molar-refractivity contribution in [3.05, 3.63) is 0 Å². The number of rotatable bonds is 5. The van der Waals surface area contributed by atoms with E-state index in [0.29, 0.717) is 25.9 Å². The normalized spacial score (nSPS) is 26.9. The number of nitrogens with zero attached hydrogens (tertiary/aromatic N) is 3. The van der Waals surface area contributed by atoms with Crippen LogP contribution in [-0.2, 0) is 4.79 Å². The number of amides is 2. The number of carbonyl (C=O) groups excluding carboxylic acids is 2. The number of likely N-dealkylation sites (tertiary alicyclic amines) is 1. The Morgan fingerprint density at radius 2 is 2.25 bits per heavy atom. The highest BCUT2D eigenvalue weighted by Crippen LogP contribution is 2.21. The second-order valence-corrected chi connectivity index (χ2v) is 6.75. The summed E-state index contributed by atoms with van der Waals surface area (Å²) >= 11 is 1.31. The Morgan fingerprint density at radius 3 is 2.85 bits per heavy atom. The topological polar surface area (TPSA) is 64.1 Å². The fraction of sp³-hybridized carbons (Fsp3) is 0.846. The van der Waals surface area contributed by atoms with Gasteiger partial charge in [-0.3, -0.25) is 9.59 Å². The molecule has 2 aliphatic heterocycles. The summed E-state index contributed by atoms with van der Waals surface area (Å²) in [6.45, 7) is 2.41. The zero-order valence-corrected chi connectivity index (χ0v) is 12.9. The summed E-state index contributed by atoms with van der Waals surface area (Å²) in [4.78, 5) is 29.3. The molecule has 2 heterocycles. The van der Waals surface area contributed by atoms with E-state index in [4.69, 9.17) is 0 Å². The van der Waals surface area contributed by atoms with Crippen LogP contribution in [-0.4, -0.2) is 89.1 Å². The van der Waals surface area contributed by atoms with Gasteiger partial charge in [0.05, 0.1) is 6.10 Å². The molecule has 2 amide bonds. The van der Waals surface area contributed by atoms with Crippen LogP contribution in [0.4, 0.5) is 4.79 Å². The summed E-state index contributed by atoms with van der Waals surface area (Å²) in [7, 11) is 3.93. The Hall–Kier alpha value is -0.790. The monoisotopic (exact) mass is 301 g/mol. The summed E-state index contributed by atoms with van der Waals surface area (Å²) in [6.07, 6.45) is 0.568. The van der Waals surface area contributed by atoms with Gasteiger partial charge in [-0.05, 0) is 20.5 Å². The number of hydrogen-bond donors (Lipinski definition) is 1. The second-order valence-electron chi connectivity index (χ2n) is 5.70. The predicted molar refractivity (Wildman–Crippen MR) is 78.7 cm³/mol. The first kappa shape index (κ1) is 15.6. The zero-order valence-electron chi connectivity index (χ0n) is 12.1. The predicted octanol–water partition coefficient (Wildman–Crippen LogP) is 0.0687.